The van der Waals surface area contributed by atoms with Crippen LogP contribution >= 0.6 is 22.6 Å². The molecular formula is C14H22IN3O. The number of anilines is 1. The smallest absolute Gasteiger partial charge is 0.162 e. The lowest BCUT2D eigenvalue weighted by molar-refractivity contribution is -0.0352. The maximum atomic E-state index is 6.04. The van der Waals surface area contributed by atoms with Crippen LogP contribution in [-0.4, -0.2) is 17.1 Å². The summed E-state index contributed by atoms with van der Waals surface area (Å²) in [6.07, 6.45) is 7.74. The average molecular weight is 375 g/mol. The van der Waals surface area contributed by atoms with Crippen molar-refractivity contribution in [1.82, 2.24) is 9.97 Å². The third-order valence-electron chi connectivity index (χ3n) is 3.99. The van der Waals surface area contributed by atoms with Gasteiger partial charge in [0.15, 0.2) is 5.82 Å². The Bertz CT molecular complexity index is 443. The van der Waals surface area contributed by atoms with Crippen molar-refractivity contribution in [1.29, 1.82) is 0 Å². The van der Waals surface area contributed by atoms with Crippen molar-refractivity contribution in [3.8, 4) is 0 Å². The molecule has 1 aromatic rings. The number of hydrogen-bond donors (Lipinski definition) is 1. The van der Waals surface area contributed by atoms with E-state index >= 15 is 0 Å². The normalized spacial score (nSPS) is 19.1. The molecule has 1 aromatic heterocycles. The molecule has 1 saturated carbocycles. The molecule has 19 heavy (non-hydrogen) atoms. The minimum Gasteiger partial charge on any atom is -0.383 e. The summed E-state index contributed by atoms with van der Waals surface area (Å²) in [5.74, 6) is 1.37. The van der Waals surface area contributed by atoms with Crippen molar-refractivity contribution >= 4 is 28.4 Å². The molecule has 0 spiro atoms. The van der Waals surface area contributed by atoms with Crippen LogP contribution < -0.4 is 5.73 Å². The van der Waals surface area contributed by atoms with Gasteiger partial charge in [0.05, 0.1) is 9.26 Å². The van der Waals surface area contributed by atoms with Gasteiger partial charge in [0.1, 0.15) is 11.4 Å². The van der Waals surface area contributed by atoms with Gasteiger partial charge in [0, 0.05) is 7.11 Å². The van der Waals surface area contributed by atoms with Crippen LogP contribution in [0.2, 0.25) is 0 Å². The number of nitrogens with two attached hydrogens (primary N) is 1. The van der Waals surface area contributed by atoms with Crippen LogP contribution in [0.25, 0.3) is 0 Å². The van der Waals surface area contributed by atoms with Crippen LogP contribution in [-0.2, 0) is 16.8 Å². The van der Waals surface area contributed by atoms with Gasteiger partial charge in [0.2, 0.25) is 0 Å². The summed E-state index contributed by atoms with van der Waals surface area (Å²) in [5.41, 5.74) is 6.74. The molecule has 0 saturated heterocycles. The fourth-order valence-corrected chi connectivity index (χ4v) is 3.39. The molecule has 106 valence electrons. The van der Waals surface area contributed by atoms with Gasteiger partial charge in [-0.05, 0) is 41.9 Å². The fourth-order valence-electron chi connectivity index (χ4n) is 2.77. The minimum atomic E-state index is -0.334. The molecule has 0 unspecified atom stereocenters. The van der Waals surface area contributed by atoms with E-state index in [-0.39, 0.29) is 5.60 Å². The largest absolute Gasteiger partial charge is 0.383 e. The average Bonchev–Trinajstić information content (AvgIpc) is 2.68. The van der Waals surface area contributed by atoms with E-state index in [1.54, 1.807) is 7.11 Å². The molecule has 1 aliphatic carbocycles. The second kappa shape index (κ2) is 6.35. The van der Waals surface area contributed by atoms with Crippen molar-refractivity contribution < 1.29 is 4.74 Å². The summed E-state index contributed by atoms with van der Waals surface area (Å²) in [6, 6.07) is 0. The Morgan fingerprint density at radius 3 is 2.37 bits per heavy atom. The fraction of sp³-hybridized carbons (Fsp3) is 0.714. The van der Waals surface area contributed by atoms with Gasteiger partial charge in [0.25, 0.3) is 0 Å². The number of hydrogen-bond acceptors (Lipinski definition) is 4. The number of halogens is 1. The Hall–Kier alpha value is -0.430. The monoisotopic (exact) mass is 375 g/mol. The molecule has 0 radical (unpaired) electrons. The molecule has 4 nitrogen and oxygen atoms in total. The standard InChI is InChI=1S/C14H22IN3O/c1-3-10-11(15)12(16)18-13(17-10)14(19-2)8-6-4-5-7-9-14/h3-9H2,1-2H3,(H2,16,17,18). The number of nitrogens with zero attached hydrogens (tertiary/aromatic N) is 2. The van der Waals surface area contributed by atoms with E-state index in [4.69, 9.17) is 15.5 Å². The van der Waals surface area contributed by atoms with Crippen molar-refractivity contribution in [2.45, 2.75) is 57.5 Å². The highest BCUT2D eigenvalue weighted by Crippen LogP contribution is 2.38. The molecule has 0 amide bonds. The highest BCUT2D eigenvalue weighted by Gasteiger charge is 2.36. The van der Waals surface area contributed by atoms with E-state index in [9.17, 15) is 0 Å². The number of ether oxygens (including phenoxy) is 1. The molecule has 0 bridgehead atoms. The number of rotatable bonds is 3. The number of aryl methyl sites for hydroxylation is 1. The van der Waals surface area contributed by atoms with Gasteiger partial charge in [-0.25, -0.2) is 9.97 Å². The van der Waals surface area contributed by atoms with Crippen molar-refractivity contribution in [3.63, 3.8) is 0 Å². The second-order valence-corrected chi connectivity index (χ2v) is 6.24. The lowest BCUT2D eigenvalue weighted by atomic mass is 9.93. The van der Waals surface area contributed by atoms with E-state index in [2.05, 4.69) is 34.5 Å². The number of methoxy groups -OCH3 is 1. The van der Waals surface area contributed by atoms with E-state index in [1.807, 2.05) is 0 Å². The molecule has 5 heteroatoms. The number of nitrogen functional groups attached to an aromatic ring is 1. The second-order valence-electron chi connectivity index (χ2n) is 5.16. The summed E-state index contributed by atoms with van der Waals surface area (Å²) in [5, 5.41) is 0. The molecular weight excluding hydrogens is 353 g/mol. The third-order valence-corrected chi connectivity index (χ3v) is 5.17. The molecule has 0 aliphatic heterocycles. The zero-order valence-corrected chi connectivity index (χ0v) is 13.9. The SMILES string of the molecule is CCc1nc(C2(OC)CCCCCC2)nc(N)c1I. The Morgan fingerprint density at radius 1 is 1.21 bits per heavy atom. The maximum absolute atomic E-state index is 6.04. The molecule has 2 N–H and O–H groups in total. The number of aromatic nitrogens is 2. The first-order chi connectivity index (χ1) is 9.13. The topological polar surface area (TPSA) is 61.0 Å². The van der Waals surface area contributed by atoms with Crippen molar-refractivity contribution in [2.24, 2.45) is 0 Å². The Balaban J connectivity index is 2.45. The summed E-state index contributed by atoms with van der Waals surface area (Å²) in [7, 11) is 1.77. The first-order valence-corrected chi connectivity index (χ1v) is 8.08. The van der Waals surface area contributed by atoms with E-state index in [0.717, 1.165) is 34.4 Å². The summed E-state index contributed by atoms with van der Waals surface area (Å²) < 4.78 is 6.83. The molecule has 1 heterocycles. The lowest BCUT2D eigenvalue weighted by Gasteiger charge is -2.30. The zero-order valence-electron chi connectivity index (χ0n) is 11.7. The van der Waals surface area contributed by atoms with Crippen LogP contribution in [0.4, 0.5) is 5.82 Å². The molecule has 1 fully saturated rings. The Kier molecular flexibility index (Phi) is 5.00. The van der Waals surface area contributed by atoms with E-state index in [0.29, 0.717) is 5.82 Å². The van der Waals surface area contributed by atoms with E-state index in [1.165, 1.54) is 25.7 Å². The molecule has 2 rings (SSSR count). The van der Waals surface area contributed by atoms with Gasteiger partial charge < -0.3 is 10.5 Å². The van der Waals surface area contributed by atoms with Gasteiger partial charge in [-0.2, -0.15) is 0 Å². The van der Waals surface area contributed by atoms with Crippen molar-refractivity contribution in [2.75, 3.05) is 12.8 Å². The summed E-state index contributed by atoms with van der Waals surface area (Å²) in [6.45, 7) is 2.10. The van der Waals surface area contributed by atoms with Gasteiger partial charge in [-0.15, -0.1) is 0 Å². The predicted octanol–water partition coefficient (Wildman–Crippen LogP) is 3.42. The molecule has 0 aromatic carbocycles. The highest BCUT2D eigenvalue weighted by molar-refractivity contribution is 14.1. The highest BCUT2D eigenvalue weighted by atomic mass is 127. The third kappa shape index (κ3) is 3.02. The lowest BCUT2D eigenvalue weighted by Crippen LogP contribution is -2.31. The van der Waals surface area contributed by atoms with Crippen LogP contribution in [0.3, 0.4) is 0 Å². The van der Waals surface area contributed by atoms with Gasteiger partial charge >= 0.3 is 0 Å². The van der Waals surface area contributed by atoms with Gasteiger partial charge in [-0.3, -0.25) is 0 Å². The Morgan fingerprint density at radius 2 is 1.84 bits per heavy atom. The van der Waals surface area contributed by atoms with Crippen LogP contribution in [0.1, 0.15) is 57.0 Å². The Labute approximate surface area is 128 Å². The minimum absolute atomic E-state index is 0.334. The maximum Gasteiger partial charge on any atom is 0.162 e. The molecule has 1 aliphatic rings. The zero-order chi connectivity index (χ0) is 13.9. The first kappa shape index (κ1) is 15.0. The van der Waals surface area contributed by atoms with Gasteiger partial charge in [-0.1, -0.05) is 32.6 Å². The quantitative estimate of drug-likeness (QED) is 0.650. The summed E-state index contributed by atoms with van der Waals surface area (Å²) in [4.78, 5) is 9.26. The summed E-state index contributed by atoms with van der Waals surface area (Å²) >= 11 is 2.23. The predicted molar refractivity (Wildman–Crippen MR) is 84.9 cm³/mol. The van der Waals surface area contributed by atoms with Crippen LogP contribution in [0.15, 0.2) is 0 Å². The molecule has 0 atom stereocenters. The first-order valence-electron chi connectivity index (χ1n) is 7.00. The van der Waals surface area contributed by atoms with Crippen LogP contribution in [0, 0.1) is 3.57 Å². The van der Waals surface area contributed by atoms with Crippen molar-refractivity contribution in [3.05, 3.63) is 15.1 Å². The van der Waals surface area contributed by atoms with Crippen LogP contribution in [0.5, 0.6) is 0 Å². The van der Waals surface area contributed by atoms with E-state index < -0.39 is 0 Å².